The third kappa shape index (κ3) is 5.71. The lowest BCUT2D eigenvalue weighted by atomic mass is 9.79. The van der Waals surface area contributed by atoms with Crippen LogP contribution in [0.3, 0.4) is 0 Å². The van der Waals surface area contributed by atoms with Gasteiger partial charge in [0.2, 0.25) is 6.41 Å². The lowest BCUT2D eigenvalue weighted by Gasteiger charge is -2.48. The molecule has 3 fully saturated rings. The fraction of sp³-hybridized carbons (Fsp3) is 0.516. The van der Waals surface area contributed by atoms with Gasteiger partial charge >= 0.3 is 0 Å². The number of aromatic nitrogens is 2. The van der Waals surface area contributed by atoms with Gasteiger partial charge in [0.15, 0.2) is 0 Å². The summed E-state index contributed by atoms with van der Waals surface area (Å²) in [5.41, 5.74) is 3.33. The van der Waals surface area contributed by atoms with Gasteiger partial charge in [-0.1, -0.05) is 19.3 Å². The Morgan fingerprint density at radius 1 is 1.05 bits per heavy atom. The van der Waals surface area contributed by atoms with Gasteiger partial charge in [0.1, 0.15) is 11.9 Å². The molecular weight excluding hydrogens is 506 g/mol. The number of carbonyl (C=O) groups excluding carboxylic acids is 2. The third-order valence-electron chi connectivity index (χ3n) is 8.93. The number of hydrogen-bond donors (Lipinski definition) is 2. The van der Waals surface area contributed by atoms with E-state index >= 15 is 0 Å². The predicted octanol–water partition coefficient (Wildman–Crippen LogP) is 3.99. The van der Waals surface area contributed by atoms with Gasteiger partial charge in [0.05, 0.1) is 24.4 Å². The molecule has 2 aromatic carbocycles. The Labute approximate surface area is 235 Å². The summed E-state index contributed by atoms with van der Waals surface area (Å²) in [6.07, 6.45) is 8.63. The molecule has 1 saturated carbocycles. The molecule has 0 atom stereocenters. The van der Waals surface area contributed by atoms with E-state index in [4.69, 9.17) is 9.47 Å². The lowest BCUT2D eigenvalue weighted by Crippen LogP contribution is -2.59. The number of amides is 2. The minimum absolute atomic E-state index is 0.0257. The molecule has 40 heavy (non-hydrogen) atoms. The Balaban J connectivity index is 1.14. The molecule has 0 unspecified atom stereocenters. The van der Waals surface area contributed by atoms with Crippen LogP contribution in [0.25, 0.3) is 22.2 Å². The van der Waals surface area contributed by atoms with Gasteiger partial charge in [-0.3, -0.25) is 19.6 Å². The average Bonchev–Trinajstić information content (AvgIpc) is 3.45. The summed E-state index contributed by atoms with van der Waals surface area (Å²) in [5.74, 6) is 0.766. The maximum atomic E-state index is 13.4. The van der Waals surface area contributed by atoms with E-state index in [0.717, 1.165) is 99.4 Å². The number of fused-ring (bicyclic) bond motifs is 1. The first-order valence-electron chi connectivity index (χ1n) is 14.7. The van der Waals surface area contributed by atoms with Crippen molar-refractivity contribution in [1.29, 1.82) is 0 Å². The van der Waals surface area contributed by atoms with E-state index in [9.17, 15) is 9.59 Å². The molecule has 9 heteroatoms. The zero-order valence-corrected chi connectivity index (χ0v) is 23.1. The minimum Gasteiger partial charge on any atom is -0.490 e. The quantitative estimate of drug-likeness (QED) is 0.415. The zero-order chi connectivity index (χ0) is 27.4. The van der Waals surface area contributed by atoms with Gasteiger partial charge in [-0.25, -0.2) is 0 Å². The van der Waals surface area contributed by atoms with Gasteiger partial charge in [-0.05, 0) is 55.3 Å². The van der Waals surface area contributed by atoms with E-state index in [2.05, 4.69) is 20.4 Å². The molecule has 1 aliphatic carbocycles. The van der Waals surface area contributed by atoms with Crippen LogP contribution in [0.4, 0.5) is 0 Å². The normalized spacial score (nSPS) is 20.4. The van der Waals surface area contributed by atoms with E-state index < -0.39 is 0 Å². The number of nitrogens with one attached hydrogen (secondary N) is 2. The van der Waals surface area contributed by atoms with E-state index in [-0.39, 0.29) is 17.6 Å². The van der Waals surface area contributed by atoms with Crippen LogP contribution < -0.4 is 10.1 Å². The Bertz CT molecular complexity index is 1300. The number of likely N-dealkylation sites (tertiary alicyclic amines) is 1. The first kappa shape index (κ1) is 26.8. The minimum atomic E-state index is -0.0448. The third-order valence-corrected chi connectivity index (χ3v) is 8.93. The maximum absolute atomic E-state index is 13.4. The van der Waals surface area contributed by atoms with Crippen LogP contribution >= 0.6 is 0 Å². The molecule has 1 aromatic heterocycles. The number of nitrogens with zero attached hydrogens (tertiary/aromatic N) is 3. The average molecular weight is 546 g/mol. The molecule has 2 saturated heterocycles. The molecule has 3 heterocycles. The van der Waals surface area contributed by atoms with Gasteiger partial charge < -0.3 is 19.7 Å². The molecule has 0 bridgehead atoms. The van der Waals surface area contributed by atoms with Gasteiger partial charge in [0.25, 0.3) is 5.91 Å². The van der Waals surface area contributed by atoms with E-state index in [1.165, 1.54) is 19.3 Å². The molecule has 3 aliphatic rings. The lowest BCUT2D eigenvalue weighted by molar-refractivity contribution is -0.119. The van der Waals surface area contributed by atoms with Crippen molar-refractivity contribution in [2.24, 2.45) is 0 Å². The van der Waals surface area contributed by atoms with Crippen LogP contribution in [0.5, 0.6) is 5.75 Å². The molecule has 2 amide bonds. The Morgan fingerprint density at radius 3 is 2.52 bits per heavy atom. The maximum Gasteiger partial charge on any atom is 0.251 e. The Hall–Kier alpha value is -3.43. The topological polar surface area (TPSA) is 99.8 Å². The van der Waals surface area contributed by atoms with E-state index in [1.807, 2.05) is 42.5 Å². The van der Waals surface area contributed by atoms with Crippen molar-refractivity contribution in [2.45, 2.75) is 56.6 Å². The van der Waals surface area contributed by atoms with Crippen molar-refractivity contribution < 1.29 is 19.1 Å². The predicted molar refractivity (Wildman–Crippen MR) is 153 cm³/mol. The molecule has 0 spiro atoms. The van der Waals surface area contributed by atoms with Crippen LogP contribution in [0, 0.1) is 0 Å². The first-order valence-corrected chi connectivity index (χ1v) is 14.7. The summed E-state index contributed by atoms with van der Waals surface area (Å²) in [6.45, 7) is 5.53. The van der Waals surface area contributed by atoms with Gasteiger partial charge in [-0.15, -0.1) is 0 Å². The van der Waals surface area contributed by atoms with Crippen LogP contribution in [0.15, 0.2) is 42.5 Å². The monoisotopic (exact) mass is 545 g/mol. The molecule has 3 aromatic rings. The number of H-pyrrole nitrogens is 1. The molecule has 9 nitrogen and oxygen atoms in total. The summed E-state index contributed by atoms with van der Waals surface area (Å²) in [4.78, 5) is 28.7. The van der Waals surface area contributed by atoms with Crippen molar-refractivity contribution in [3.8, 4) is 17.0 Å². The summed E-state index contributed by atoms with van der Waals surface area (Å²) < 4.78 is 11.8. The highest BCUT2D eigenvalue weighted by atomic mass is 16.5. The smallest absolute Gasteiger partial charge is 0.251 e. The second-order valence-electron chi connectivity index (χ2n) is 11.4. The van der Waals surface area contributed by atoms with Crippen LogP contribution in [-0.2, 0) is 9.53 Å². The molecule has 6 rings (SSSR count). The summed E-state index contributed by atoms with van der Waals surface area (Å²) in [5, 5.41) is 11.9. The van der Waals surface area contributed by atoms with Crippen LogP contribution in [-0.4, -0.2) is 89.9 Å². The summed E-state index contributed by atoms with van der Waals surface area (Å²) in [6, 6.07) is 13.7. The first-order chi connectivity index (χ1) is 19.6. The van der Waals surface area contributed by atoms with E-state index in [0.29, 0.717) is 12.1 Å². The molecule has 2 aliphatic heterocycles. The second kappa shape index (κ2) is 12.0. The zero-order valence-electron chi connectivity index (χ0n) is 23.1. The number of piperidine rings is 1. The Morgan fingerprint density at radius 2 is 1.80 bits per heavy atom. The largest absolute Gasteiger partial charge is 0.490 e. The second-order valence-corrected chi connectivity index (χ2v) is 11.4. The molecular formula is C31H39N5O4. The number of hydrogen-bond acceptors (Lipinski definition) is 6. The van der Waals surface area contributed by atoms with Crippen LogP contribution in [0.2, 0.25) is 0 Å². The number of morpholine rings is 1. The summed E-state index contributed by atoms with van der Waals surface area (Å²) >= 11 is 0. The highest BCUT2D eigenvalue weighted by Crippen LogP contribution is 2.34. The van der Waals surface area contributed by atoms with Crippen molar-refractivity contribution in [3.05, 3.63) is 48.0 Å². The van der Waals surface area contributed by atoms with Gasteiger partial charge in [-0.2, -0.15) is 5.10 Å². The number of carbonyl (C=O) groups is 2. The number of ether oxygens (including phenoxy) is 2. The van der Waals surface area contributed by atoms with Crippen molar-refractivity contribution >= 4 is 23.2 Å². The highest BCUT2D eigenvalue weighted by Gasteiger charge is 2.38. The van der Waals surface area contributed by atoms with Crippen LogP contribution in [0.1, 0.15) is 55.3 Å². The molecule has 212 valence electrons. The molecule has 2 N–H and O–H groups in total. The van der Waals surface area contributed by atoms with E-state index in [1.54, 1.807) is 4.90 Å². The highest BCUT2D eigenvalue weighted by molar-refractivity contribution is 6.01. The summed E-state index contributed by atoms with van der Waals surface area (Å²) in [7, 11) is 0. The van der Waals surface area contributed by atoms with Crippen molar-refractivity contribution in [3.63, 3.8) is 0 Å². The van der Waals surface area contributed by atoms with Gasteiger partial charge in [0, 0.05) is 67.6 Å². The number of aromatic amines is 1. The van der Waals surface area contributed by atoms with Crippen molar-refractivity contribution in [2.75, 3.05) is 45.9 Å². The molecule has 0 radical (unpaired) electrons. The number of rotatable bonds is 8. The van der Waals surface area contributed by atoms with Crippen molar-refractivity contribution in [1.82, 2.24) is 25.3 Å². The SMILES string of the molecule is O=CN1CCC(Oc2ccc(-c3n[nH]c4ccc(C(=O)NCC5(N6CCOCC6)CCCCC5)cc34)cc2)CC1. The standard InChI is InChI=1S/C31H39N5O4/c37-22-35-14-10-26(11-15-35)40-25-7-4-23(5-8-25)29-27-20-24(6-9-28(27)33-34-29)30(38)32-21-31(12-2-1-3-13-31)36-16-18-39-19-17-36/h4-9,20,22,26H,1-3,10-19,21H2,(H,32,38)(H,33,34). The fourth-order valence-electron chi connectivity index (χ4n) is 6.56. The fourth-order valence-corrected chi connectivity index (χ4v) is 6.56. The Kier molecular flexibility index (Phi) is 8.02. The number of benzene rings is 2.